The Balaban J connectivity index is 3.11. The number of rotatable bonds is 5. The lowest BCUT2D eigenvalue weighted by Crippen LogP contribution is -2.25. The summed E-state index contributed by atoms with van der Waals surface area (Å²) in [5.74, 6) is -0.201. The Bertz CT molecular complexity index is 563. The molecule has 6 heteroatoms. The Morgan fingerprint density at radius 1 is 1.50 bits per heavy atom. The minimum absolute atomic E-state index is 0.201. The summed E-state index contributed by atoms with van der Waals surface area (Å²) in [5.41, 5.74) is 2.35. The van der Waals surface area contributed by atoms with Crippen LogP contribution in [-0.2, 0) is 4.79 Å². The largest absolute Gasteiger partial charge is 0.388 e. The first kappa shape index (κ1) is 16.0. The van der Waals surface area contributed by atoms with Gasteiger partial charge in [-0.05, 0) is 25.1 Å². The molecule has 0 radical (unpaired) electrons. The van der Waals surface area contributed by atoms with Gasteiger partial charge in [-0.1, -0.05) is 11.6 Å². The molecule has 0 aliphatic rings. The molecule has 0 aliphatic heterocycles. The minimum Gasteiger partial charge on any atom is -0.388 e. The van der Waals surface area contributed by atoms with E-state index in [9.17, 15) is 4.79 Å². The Labute approximate surface area is 123 Å². The van der Waals surface area contributed by atoms with E-state index in [0.717, 1.165) is 11.3 Å². The molecule has 1 rings (SSSR count). The van der Waals surface area contributed by atoms with Crippen LogP contribution in [0.1, 0.15) is 25.8 Å². The maximum atomic E-state index is 11.5. The van der Waals surface area contributed by atoms with E-state index in [1.165, 1.54) is 11.9 Å². The van der Waals surface area contributed by atoms with Crippen molar-refractivity contribution >= 4 is 28.9 Å². The average Bonchev–Trinajstić information content (AvgIpc) is 2.42. The number of anilines is 1. The summed E-state index contributed by atoms with van der Waals surface area (Å²) in [6.07, 6.45) is 0.241. The number of carbonyl (C=O) groups excluding carboxylic acids is 1. The number of halogens is 1. The first-order chi connectivity index (χ1) is 9.49. The second-order valence-corrected chi connectivity index (χ2v) is 4.61. The van der Waals surface area contributed by atoms with Gasteiger partial charge in [0.2, 0.25) is 5.91 Å². The monoisotopic (exact) mass is 292 g/mol. The molecule has 1 amide bonds. The fourth-order valence-electron chi connectivity index (χ4n) is 1.70. The lowest BCUT2D eigenvalue weighted by Gasteiger charge is -2.16. The van der Waals surface area contributed by atoms with E-state index in [-0.39, 0.29) is 18.9 Å². The van der Waals surface area contributed by atoms with Gasteiger partial charge in [-0.2, -0.15) is 10.4 Å². The molecule has 5 nitrogen and oxygen atoms in total. The van der Waals surface area contributed by atoms with Gasteiger partial charge < -0.3 is 5.32 Å². The van der Waals surface area contributed by atoms with Crippen molar-refractivity contribution in [2.45, 2.75) is 20.3 Å². The normalized spacial score (nSPS) is 10.8. The molecule has 0 saturated heterocycles. The number of nitrogens with zero attached hydrogens (tertiary/aromatic N) is 3. The molecule has 0 heterocycles. The Morgan fingerprint density at radius 2 is 2.20 bits per heavy atom. The number of amides is 1. The predicted molar refractivity (Wildman–Crippen MR) is 80.8 cm³/mol. The van der Waals surface area contributed by atoms with E-state index in [4.69, 9.17) is 16.9 Å². The van der Waals surface area contributed by atoms with Crippen molar-refractivity contribution in [3.63, 3.8) is 0 Å². The van der Waals surface area contributed by atoms with Gasteiger partial charge in [0.05, 0.1) is 24.7 Å². The topological polar surface area (TPSA) is 68.5 Å². The first-order valence-electron chi connectivity index (χ1n) is 6.17. The maximum absolute atomic E-state index is 11.5. The molecule has 20 heavy (non-hydrogen) atoms. The molecule has 1 N–H and O–H groups in total. The van der Waals surface area contributed by atoms with Crippen LogP contribution in [0.25, 0.3) is 0 Å². The van der Waals surface area contributed by atoms with Crippen LogP contribution >= 0.6 is 11.6 Å². The van der Waals surface area contributed by atoms with Gasteiger partial charge in [-0.3, -0.25) is 4.79 Å². The zero-order chi connectivity index (χ0) is 15.1. The van der Waals surface area contributed by atoms with Crippen LogP contribution in [0.3, 0.4) is 0 Å². The number of hydrazone groups is 1. The molecule has 0 bridgehead atoms. The minimum atomic E-state index is -0.201. The van der Waals surface area contributed by atoms with E-state index in [1.807, 2.05) is 12.1 Å². The SMILES string of the molecule is CNc1ccc(Cl)cc1/C(C)=N/N(CCC#N)C(C)=O. The summed E-state index contributed by atoms with van der Waals surface area (Å²) in [5, 5.41) is 17.8. The van der Waals surface area contributed by atoms with Crippen molar-refractivity contribution in [1.82, 2.24) is 5.01 Å². The van der Waals surface area contributed by atoms with Crippen molar-refractivity contribution in [3.8, 4) is 6.07 Å². The molecule has 0 saturated carbocycles. The Kier molecular flexibility index (Phi) is 6.01. The van der Waals surface area contributed by atoms with E-state index >= 15 is 0 Å². The average molecular weight is 293 g/mol. The van der Waals surface area contributed by atoms with E-state index < -0.39 is 0 Å². The zero-order valence-electron chi connectivity index (χ0n) is 11.8. The zero-order valence-corrected chi connectivity index (χ0v) is 12.5. The van der Waals surface area contributed by atoms with Gasteiger partial charge in [0.1, 0.15) is 0 Å². The van der Waals surface area contributed by atoms with Crippen LogP contribution in [0, 0.1) is 11.3 Å². The van der Waals surface area contributed by atoms with Gasteiger partial charge >= 0.3 is 0 Å². The highest BCUT2D eigenvalue weighted by Crippen LogP contribution is 2.21. The third-order valence-corrected chi connectivity index (χ3v) is 2.95. The van der Waals surface area contributed by atoms with Crippen LogP contribution in [0.4, 0.5) is 5.69 Å². The molecule has 0 unspecified atom stereocenters. The Hall–Kier alpha value is -2.06. The molecule has 0 aromatic heterocycles. The first-order valence-corrected chi connectivity index (χ1v) is 6.55. The Morgan fingerprint density at radius 3 is 2.75 bits per heavy atom. The number of carbonyl (C=O) groups is 1. The molecule has 0 aliphatic carbocycles. The number of benzene rings is 1. The van der Waals surface area contributed by atoms with Crippen molar-refractivity contribution in [3.05, 3.63) is 28.8 Å². The molecule has 0 atom stereocenters. The van der Waals surface area contributed by atoms with E-state index in [2.05, 4.69) is 10.4 Å². The number of hydrogen-bond acceptors (Lipinski definition) is 4. The van der Waals surface area contributed by atoms with Crippen LogP contribution in [0.2, 0.25) is 5.02 Å². The number of nitriles is 1. The maximum Gasteiger partial charge on any atom is 0.239 e. The summed E-state index contributed by atoms with van der Waals surface area (Å²) in [7, 11) is 1.80. The van der Waals surface area contributed by atoms with Crippen molar-refractivity contribution < 1.29 is 4.79 Å². The van der Waals surface area contributed by atoms with Crippen molar-refractivity contribution in [2.75, 3.05) is 18.9 Å². The number of nitrogens with one attached hydrogen (secondary N) is 1. The second kappa shape index (κ2) is 7.51. The van der Waals surface area contributed by atoms with Gasteiger partial charge in [0.25, 0.3) is 0 Å². The molecular formula is C14H17ClN4O. The third-order valence-electron chi connectivity index (χ3n) is 2.71. The van der Waals surface area contributed by atoms with E-state index in [0.29, 0.717) is 10.7 Å². The second-order valence-electron chi connectivity index (χ2n) is 4.18. The lowest BCUT2D eigenvalue weighted by atomic mass is 10.1. The van der Waals surface area contributed by atoms with Gasteiger partial charge in [-0.15, -0.1) is 0 Å². The molecule has 0 fully saturated rings. The third kappa shape index (κ3) is 4.25. The fourth-order valence-corrected chi connectivity index (χ4v) is 1.87. The van der Waals surface area contributed by atoms with E-state index in [1.54, 1.807) is 26.1 Å². The summed E-state index contributed by atoms with van der Waals surface area (Å²) in [6.45, 7) is 3.50. The van der Waals surface area contributed by atoms with Gasteiger partial charge in [0, 0.05) is 30.2 Å². The van der Waals surface area contributed by atoms with Crippen LogP contribution < -0.4 is 5.32 Å². The fraction of sp³-hybridized carbons (Fsp3) is 0.357. The smallest absolute Gasteiger partial charge is 0.239 e. The van der Waals surface area contributed by atoms with Crippen LogP contribution in [-0.4, -0.2) is 30.2 Å². The van der Waals surface area contributed by atoms with Crippen LogP contribution in [0.5, 0.6) is 0 Å². The lowest BCUT2D eigenvalue weighted by molar-refractivity contribution is -0.128. The highest BCUT2D eigenvalue weighted by Gasteiger charge is 2.10. The quantitative estimate of drug-likeness (QED) is 0.670. The molecule has 106 valence electrons. The van der Waals surface area contributed by atoms with Gasteiger partial charge in [0.15, 0.2) is 0 Å². The summed E-state index contributed by atoms with van der Waals surface area (Å²) >= 11 is 5.99. The summed E-state index contributed by atoms with van der Waals surface area (Å²) in [4.78, 5) is 11.5. The molecule has 1 aromatic carbocycles. The summed E-state index contributed by atoms with van der Waals surface area (Å²) < 4.78 is 0. The van der Waals surface area contributed by atoms with Crippen molar-refractivity contribution in [2.24, 2.45) is 5.10 Å². The van der Waals surface area contributed by atoms with Crippen LogP contribution in [0.15, 0.2) is 23.3 Å². The summed E-state index contributed by atoms with van der Waals surface area (Å²) in [6, 6.07) is 7.42. The molecular weight excluding hydrogens is 276 g/mol. The van der Waals surface area contributed by atoms with Gasteiger partial charge in [-0.25, -0.2) is 5.01 Å². The highest BCUT2D eigenvalue weighted by molar-refractivity contribution is 6.31. The number of hydrogen-bond donors (Lipinski definition) is 1. The predicted octanol–water partition coefficient (Wildman–Crippen LogP) is 2.87. The standard InChI is InChI=1S/C14H17ClN4O/c1-10(18-19(11(2)20)8-4-7-16)13-9-12(15)5-6-14(13)17-3/h5-6,9,17H,4,8H2,1-3H3/b18-10+. The molecule has 1 aromatic rings. The molecule has 0 spiro atoms. The van der Waals surface area contributed by atoms with Crippen molar-refractivity contribution in [1.29, 1.82) is 5.26 Å². The highest BCUT2D eigenvalue weighted by atomic mass is 35.5.